The van der Waals surface area contributed by atoms with Gasteiger partial charge in [-0.1, -0.05) is 6.92 Å². The zero-order valence-electron chi connectivity index (χ0n) is 8.73. The van der Waals surface area contributed by atoms with Crippen LogP contribution in [0.25, 0.3) is 0 Å². The fourth-order valence-electron chi connectivity index (χ4n) is 1.62. The van der Waals surface area contributed by atoms with Crippen LogP contribution in [0.4, 0.5) is 5.69 Å². The summed E-state index contributed by atoms with van der Waals surface area (Å²) in [5.41, 5.74) is 7.13. The molecule has 0 saturated carbocycles. The van der Waals surface area contributed by atoms with Crippen LogP contribution in [0, 0.1) is 0 Å². The highest BCUT2D eigenvalue weighted by molar-refractivity contribution is 5.95. The van der Waals surface area contributed by atoms with Gasteiger partial charge in [-0.05, 0) is 0 Å². The van der Waals surface area contributed by atoms with Crippen molar-refractivity contribution < 1.29 is 9.90 Å². The molecule has 0 atom stereocenters. The maximum Gasteiger partial charge on any atom is 0.286 e. The first-order chi connectivity index (χ1) is 7.54. The van der Waals surface area contributed by atoms with Crippen LogP contribution in [0.2, 0.25) is 0 Å². The third-order valence-corrected chi connectivity index (χ3v) is 2.46. The Morgan fingerprint density at radius 2 is 2.25 bits per heavy atom. The molecule has 0 radical (unpaired) electrons. The molecule has 7 nitrogen and oxygen atoms in total. The Balaban J connectivity index is 2.61. The molecule has 1 aliphatic heterocycles. The van der Waals surface area contributed by atoms with E-state index in [-0.39, 0.29) is 11.4 Å². The number of aromatic hydroxyl groups is 1. The predicted octanol–water partition coefficient (Wildman–Crippen LogP) is -0.926. The third kappa shape index (κ3) is 1.41. The van der Waals surface area contributed by atoms with Gasteiger partial charge in [-0.2, -0.15) is 0 Å². The van der Waals surface area contributed by atoms with Crippen molar-refractivity contribution in [3.8, 4) is 5.75 Å². The molecule has 2 rings (SSSR count). The highest BCUT2D eigenvalue weighted by atomic mass is 16.3. The average Bonchev–Trinajstić information content (AvgIpc) is 2.25. The lowest BCUT2D eigenvalue weighted by Crippen LogP contribution is -2.49. The molecule has 2 heterocycles. The quantitative estimate of drug-likeness (QED) is 0.572. The maximum atomic E-state index is 11.6. The van der Waals surface area contributed by atoms with Crippen molar-refractivity contribution >= 4 is 11.6 Å². The van der Waals surface area contributed by atoms with E-state index in [9.17, 15) is 14.7 Å². The van der Waals surface area contributed by atoms with Crippen molar-refractivity contribution in [2.45, 2.75) is 13.6 Å². The van der Waals surface area contributed by atoms with Gasteiger partial charge in [-0.25, -0.2) is 5.01 Å². The van der Waals surface area contributed by atoms with Gasteiger partial charge < -0.3 is 15.4 Å². The van der Waals surface area contributed by atoms with Gasteiger partial charge in [-0.15, -0.1) is 0 Å². The lowest BCUT2D eigenvalue weighted by molar-refractivity contribution is 0.0628. The largest absolute Gasteiger partial charge is 0.502 e. The molecule has 0 bridgehead atoms. The molecule has 86 valence electrons. The van der Waals surface area contributed by atoms with E-state index in [1.807, 2.05) is 6.92 Å². The van der Waals surface area contributed by atoms with E-state index in [2.05, 4.69) is 5.43 Å². The van der Waals surface area contributed by atoms with Gasteiger partial charge in [0.25, 0.3) is 5.91 Å². The number of aromatic nitrogens is 1. The first-order valence-corrected chi connectivity index (χ1v) is 4.82. The van der Waals surface area contributed by atoms with Crippen LogP contribution in [-0.4, -0.2) is 27.1 Å². The summed E-state index contributed by atoms with van der Waals surface area (Å²) >= 11 is 0. The van der Waals surface area contributed by atoms with E-state index in [1.165, 1.54) is 10.8 Å². The molecule has 0 saturated heterocycles. The molecule has 1 aromatic rings. The number of hydrogen-bond acceptors (Lipinski definition) is 5. The monoisotopic (exact) mass is 224 g/mol. The summed E-state index contributed by atoms with van der Waals surface area (Å²) < 4.78 is 1.45. The van der Waals surface area contributed by atoms with Crippen LogP contribution < -0.4 is 16.6 Å². The molecule has 0 aliphatic carbocycles. The number of carbonyl (C=O) groups excluding carboxylic acids is 1. The van der Waals surface area contributed by atoms with E-state index in [0.29, 0.717) is 13.2 Å². The van der Waals surface area contributed by atoms with Crippen LogP contribution in [0.5, 0.6) is 5.75 Å². The number of carbonyl (C=O) groups is 1. The number of nitrogen functional groups attached to an aromatic ring is 1. The number of nitrogens with two attached hydrogens (primary N) is 1. The Hall–Kier alpha value is -2.02. The number of hydrazine groups is 1. The minimum absolute atomic E-state index is 0.0519. The molecule has 1 aliphatic rings. The lowest BCUT2D eigenvalue weighted by Gasteiger charge is -2.29. The summed E-state index contributed by atoms with van der Waals surface area (Å²) in [6.07, 6.45) is 1.36. The van der Waals surface area contributed by atoms with E-state index in [0.717, 1.165) is 0 Å². The second-order valence-electron chi connectivity index (χ2n) is 3.52. The fraction of sp³-hybridized carbons (Fsp3) is 0.333. The summed E-state index contributed by atoms with van der Waals surface area (Å²) in [6.45, 7) is 2.82. The maximum absolute atomic E-state index is 11.6. The van der Waals surface area contributed by atoms with Crippen molar-refractivity contribution in [1.29, 1.82) is 0 Å². The Bertz CT molecular complexity index is 508. The van der Waals surface area contributed by atoms with Crippen LogP contribution >= 0.6 is 0 Å². The lowest BCUT2D eigenvalue weighted by atomic mass is 10.2. The van der Waals surface area contributed by atoms with Crippen LogP contribution in [0.3, 0.4) is 0 Å². The van der Waals surface area contributed by atoms with E-state index >= 15 is 0 Å². The molecule has 0 spiro atoms. The summed E-state index contributed by atoms with van der Waals surface area (Å²) in [5.74, 6) is -1.11. The summed E-state index contributed by atoms with van der Waals surface area (Å²) in [5, 5.41) is 11.2. The standard InChI is InChI=1S/C9H12N4O3/c1-2-13-4-12-3-5(10)7(14)8(15)6(12)9(16)11-13/h3,15H,2,4,10H2,1H3,(H,11,16). The second kappa shape index (κ2) is 3.53. The van der Waals surface area contributed by atoms with Crippen molar-refractivity contribution in [1.82, 2.24) is 15.0 Å². The molecule has 1 aromatic heterocycles. The summed E-state index contributed by atoms with van der Waals surface area (Å²) in [7, 11) is 0. The van der Waals surface area contributed by atoms with Gasteiger partial charge in [0.05, 0.1) is 6.67 Å². The van der Waals surface area contributed by atoms with E-state index in [1.54, 1.807) is 5.01 Å². The fourth-order valence-corrected chi connectivity index (χ4v) is 1.62. The molecular weight excluding hydrogens is 212 g/mol. The van der Waals surface area contributed by atoms with Crippen molar-refractivity contribution in [3.05, 3.63) is 22.1 Å². The minimum Gasteiger partial charge on any atom is -0.502 e. The molecule has 7 heteroatoms. The normalized spacial score (nSPS) is 15.7. The molecule has 0 aromatic carbocycles. The van der Waals surface area contributed by atoms with Gasteiger partial charge in [-0.3, -0.25) is 15.0 Å². The van der Waals surface area contributed by atoms with E-state index < -0.39 is 17.1 Å². The molecule has 16 heavy (non-hydrogen) atoms. The Kier molecular flexibility index (Phi) is 2.31. The first-order valence-electron chi connectivity index (χ1n) is 4.82. The highest BCUT2D eigenvalue weighted by Gasteiger charge is 2.26. The molecule has 4 N–H and O–H groups in total. The van der Waals surface area contributed by atoms with Crippen molar-refractivity contribution in [2.24, 2.45) is 0 Å². The number of rotatable bonds is 1. The number of amides is 1. The van der Waals surface area contributed by atoms with Gasteiger partial charge in [0.15, 0.2) is 11.4 Å². The SMILES string of the molecule is CCN1Cn2cc(N)c(=O)c(O)c2C(=O)N1. The molecule has 0 fully saturated rings. The van der Waals surface area contributed by atoms with Crippen LogP contribution in [0.15, 0.2) is 11.0 Å². The number of nitrogens with zero attached hydrogens (tertiary/aromatic N) is 2. The number of pyridine rings is 1. The minimum atomic E-state index is -0.716. The third-order valence-electron chi connectivity index (χ3n) is 2.46. The van der Waals surface area contributed by atoms with Crippen molar-refractivity contribution in [2.75, 3.05) is 12.3 Å². The topological polar surface area (TPSA) is 101 Å². The summed E-state index contributed by atoms with van der Waals surface area (Å²) in [6, 6.07) is 0. The van der Waals surface area contributed by atoms with Gasteiger partial charge >= 0.3 is 0 Å². The first kappa shape index (κ1) is 10.5. The Morgan fingerprint density at radius 1 is 1.56 bits per heavy atom. The predicted molar refractivity (Wildman–Crippen MR) is 56.6 cm³/mol. The summed E-state index contributed by atoms with van der Waals surface area (Å²) in [4.78, 5) is 23.0. The number of anilines is 1. The zero-order valence-corrected chi connectivity index (χ0v) is 8.73. The van der Waals surface area contributed by atoms with E-state index in [4.69, 9.17) is 5.73 Å². The average molecular weight is 224 g/mol. The van der Waals surface area contributed by atoms with Gasteiger partial charge in [0, 0.05) is 12.7 Å². The molecule has 1 amide bonds. The van der Waals surface area contributed by atoms with Gasteiger partial charge in [0.1, 0.15) is 5.69 Å². The number of fused-ring (bicyclic) bond motifs is 1. The Morgan fingerprint density at radius 3 is 2.88 bits per heavy atom. The van der Waals surface area contributed by atoms with Crippen LogP contribution in [-0.2, 0) is 6.67 Å². The number of hydrogen-bond donors (Lipinski definition) is 3. The second-order valence-corrected chi connectivity index (χ2v) is 3.52. The van der Waals surface area contributed by atoms with Crippen LogP contribution in [0.1, 0.15) is 17.4 Å². The molecule has 0 unspecified atom stereocenters. The highest BCUT2D eigenvalue weighted by Crippen LogP contribution is 2.17. The Labute approximate surface area is 91.1 Å². The van der Waals surface area contributed by atoms with Crippen molar-refractivity contribution in [3.63, 3.8) is 0 Å². The number of nitrogens with one attached hydrogen (secondary N) is 1. The zero-order chi connectivity index (χ0) is 11.9. The van der Waals surface area contributed by atoms with Gasteiger partial charge in [0.2, 0.25) is 5.43 Å². The smallest absolute Gasteiger partial charge is 0.286 e. The molecular formula is C9H12N4O3.